The second-order valence-electron chi connectivity index (χ2n) is 5.16. The largest absolute Gasteiger partial charge is 0.375 e. The van der Waals surface area contributed by atoms with Gasteiger partial charge in [0.2, 0.25) is 0 Å². The zero-order valence-electron chi connectivity index (χ0n) is 13.4. The molecule has 2 aromatic carbocycles. The molecule has 22 heavy (non-hydrogen) atoms. The number of carbonyl (C=O) groups is 1. The third kappa shape index (κ3) is 3.82. The van der Waals surface area contributed by atoms with Crippen molar-refractivity contribution in [3.05, 3.63) is 59.7 Å². The zero-order chi connectivity index (χ0) is 15.9. The Bertz CT molecular complexity index is 642. The molecule has 0 fully saturated rings. The van der Waals surface area contributed by atoms with Gasteiger partial charge in [0.05, 0.1) is 5.69 Å². The van der Waals surface area contributed by atoms with Crippen LogP contribution < -0.4 is 4.90 Å². The molecule has 0 saturated heterocycles. The first kappa shape index (κ1) is 16.0. The molecular formula is C19H22N2O. The number of nitrogens with zero attached hydrogens (tertiary/aromatic N) is 2. The molecule has 3 heteroatoms. The summed E-state index contributed by atoms with van der Waals surface area (Å²) in [6.45, 7) is 5.08. The van der Waals surface area contributed by atoms with Gasteiger partial charge in [0.1, 0.15) is 0 Å². The molecule has 3 nitrogen and oxygen atoms in total. The molecule has 2 rings (SSSR count). The molecule has 2 aromatic rings. The van der Waals surface area contributed by atoms with Crippen LogP contribution in [0, 0.1) is 0 Å². The monoisotopic (exact) mass is 294 g/mol. The summed E-state index contributed by atoms with van der Waals surface area (Å²) in [5.74, 6) is 0.0386. The number of hydrogen-bond acceptors (Lipinski definition) is 3. The van der Waals surface area contributed by atoms with E-state index in [1.807, 2.05) is 68.7 Å². The van der Waals surface area contributed by atoms with Crippen LogP contribution >= 0.6 is 0 Å². The minimum atomic E-state index is 0.0386. The summed E-state index contributed by atoms with van der Waals surface area (Å²) in [6.07, 6.45) is 2.76. The van der Waals surface area contributed by atoms with E-state index in [1.165, 1.54) is 0 Å². The minimum Gasteiger partial charge on any atom is -0.375 e. The van der Waals surface area contributed by atoms with Crippen LogP contribution in [0.1, 0.15) is 36.2 Å². The first-order chi connectivity index (χ1) is 10.7. The van der Waals surface area contributed by atoms with Crippen molar-refractivity contribution in [2.24, 2.45) is 4.99 Å². The van der Waals surface area contributed by atoms with E-state index in [0.29, 0.717) is 11.1 Å². The number of aliphatic imine (C=N–C) groups is 1. The topological polar surface area (TPSA) is 32.7 Å². The van der Waals surface area contributed by atoms with Gasteiger partial charge in [0.25, 0.3) is 0 Å². The van der Waals surface area contributed by atoms with Gasteiger partial charge in [-0.25, -0.2) is 0 Å². The van der Waals surface area contributed by atoms with Crippen LogP contribution in [0.4, 0.5) is 11.4 Å². The van der Waals surface area contributed by atoms with Crippen LogP contribution in [-0.4, -0.2) is 25.6 Å². The Morgan fingerprint density at radius 1 is 1.00 bits per heavy atom. The third-order valence-corrected chi connectivity index (χ3v) is 3.60. The van der Waals surface area contributed by atoms with Gasteiger partial charge >= 0.3 is 0 Å². The molecule has 0 aliphatic carbocycles. The highest BCUT2D eigenvalue weighted by Crippen LogP contribution is 2.18. The molecule has 0 amide bonds. The molecule has 114 valence electrons. The SMILES string of the molecule is CCC=Nc1ccc(C(=O)c2ccc(N(C)CC)cc2)cc1. The van der Waals surface area contributed by atoms with E-state index in [-0.39, 0.29) is 5.78 Å². The Labute approximate surface area is 132 Å². The summed E-state index contributed by atoms with van der Waals surface area (Å²) in [4.78, 5) is 18.9. The van der Waals surface area contributed by atoms with Crippen LogP contribution in [0.2, 0.25) is 0 Å². The van der Waals surface area contributed by atoms with Crippen molar-refractivity contribution >= 4 is 23.4 Å². The maximum Gasteiger partial charge on any atom is 0.193 e. The number of anilines is 1. The lowest BCUT2D eigenvalue weighted by atomic mass is 10.0. The molecular weight excluding hydrogens is 272 g/mol. The van der Waals surface area contributed by atoms with Crippen molar-refractivity contribution < 1.29 is 4.79 Å². The lowest BCUT2D eigenvalue weighted by molar-refractivity contribution is 0.103. The van der Waals surface area contributed by atoms with E-state index in [1.54, 1.807) is 0 Å². The highest BCUT2D eigenvalue weighted by Gasteiger charge is 2.09. The average Bonchev–Trinajstić information content (AvgIpc) is 2.59. The standard InChI is InChI=1S/C19H22N2O/c1-4-14-20-17-10-6-15(7-11-17)19(22)16-8-12-18(13-9-16)21(3)5-2/h6-14H,4-5H2,1-3H3. The summed E-state index contributed by atoms with van der Waals surface area (Å²) in [5.41, 5.74) is 3.38. The molecule has 0 aromatic heterocycles. The highest BCUT2D eigenvalue weighted by molar-refractivity contribution is 6.09. The minimum absolute atomic E-state index is 0.0386. The molecule has 0 saturated carbocycles. The molecule has 0 aliphatic rings. The van der Waals surface area contributed by atoms with Crippen molar-refractivity contribution in [3.8, 4) is 0 Å². The van der Waals surface area contributed by atoms with Gasteiger partial charge in [-0.2, -0.15) is 0 Å². The fraction of sp³-hybridized carbons (Fsp3) is 0.263. The van der Waals surface area contributed by atoms with Crippen LogP contribution in [0.25, 0.3) is 0 Å². The summed E-state index contributed by atoms with van der Waals surface area (Å²) in [6, 6.07) is 15.1. The van der Waals surface area contributed by atoms with Gasteiger partial charge in [-0.15, -0.1) is 0 Å². The number of benzene rings is 2. The van der Waals surface area contributed by atoms with Crippen molar-refractivity contribution in [3.63, 3.8) is 0 Å². The summed E-state index contributed by atoms with van der Waals surface area (Å²) in [5, 5.41) is 0. The van der Waals surface area contributed by atoms with Gasteiger partial charge < -0.3 is 4.90 Å². The first-order valence-corrected chi connectivity index (χ1v) is 7.64. The summed E-state index contributed by atoms with van der Waals surface area (Å²) >= 11 is 0. The first-order valence-electron chi connectivity index (χ1n) is 7.64. The Balaban J connectivity index is 2.15. The fourth-order valence-electron chi connectivity index (χ4n) is 2.11. The predicted octanol–water partition coefficient (Wildman–Crippen LogP) is 4.49. The molecule has 0 unspecified atom stereocenters. The van der Waals surface area contributed by atoms with Crippen LogP contribution in [0.15, 0.2) is 53.5 Å². The second kappa shape index (κ2) is 7.55. The smallest absolute Gasteiger partial charge is 0.193 e. The van der Waals surface area contributed by atoms with E-state index in [4.69, 9.17) is 0 Å². The molecule has 0 heterocycles. The van der Waals surface area contributed by atoms with Crippen molar-refractivity contribution in [1.82, 2.24) is 0 Å². The summed E-state index contributed by atoms with van der Waals surface area (Å²) in [7, 11) is 2.03. The Hall–Kier alpha value is -2.42. The van der Waals surface area contributed by atoms with Gasteiger partial charge in [-0.1, -0.05) is 6.92 Å². The van der Waals surface area contributed by atoms with Gasteiger partial charge in [0, 0.05) is 36.6 Å². The quantitative estimate of drug-likeness (QED) is 0.581. The van der Waals surface area contributed by atoms with Gasteiger partial charge in [-0.05, 0) is 61.9 Å². The molecule has 0 N–H and O–H groups in total. The molecule has 0 aliphatic heterocycles. The maximum absolute atomic E-state index is 12.5. The van der Waals surface area contributed by atoms with Gasteiger partial charge in [-0.3, -0.25) is 9.79 Å². The van der Waals surface area contributed by atoms with E-state index in [2.05, 4.69) is 16.8 Å². The molecule has 0 radical (unpaired) electrons. The van der Waals surface area contributed by atoms with E-state index >= 15 is 0 Å². The zero-order valence-corrected chi connectivity index (χ0v) is 13.4. The lowest BCUT2D eigenvalue weighted by Crippen LogP contribution is -2.15. The van der Waals surface area contributed by atoms with Crippen molar-refractivity contribution in [2.75, 3.05) is 18.5 Å². The highest BCUT2D eigenvalue weighted by atomic mass is 16.1. The maximum atomic E-state index is 12.5. The number of hydrogen-bond donors (Lipinski definition) is 0. The predicted molar refractivity (Wildman–Crippen MR) is 93.7 cm³/mol. The molecule has 0 spiro atoms. The number of carbonyl (C=O) groups excluding carboxylic acids is 1. The Morgan fingerprint density at radius 3 is 2.05 bits per heavy atom. The van der Waals surface area contributed by atoms with Gasteiger partial charge in [0.15, 0.2) is 5.78 Å². The van der Waals surface area contributed by atoms with Crippen LogP contribution in [0.3, 0.4) is 0 Å². The average molecular weight is 294 g/mol. The van der Waals surface area contributed by atoms with E-state index in [9.17, 15) is 4.79 Å². The van der Waals surface area contributed by atoms with Crippen molar-refractivity contribution in [1.29, 1.82) is 0 Å². The Morgan fingerprint density at radius 2 is 1.55 bits per heavy atom. The molecule has 0 bridgehead atoms. The third-order valence-electron chi connectivity index (χ3n) is 3.60. The fourth-order valence-corrected chi connectivity index (χ4v) is 2.11. The van der Waals surface area contributed by atoms with Crippen LogP contribution in [-0.2, 0) is 0 Å². The second-order valence-corrected chi connectivity index (χ2v) is 5.16. The van der Waals surface area contributed by atoms with Crippen molar-refractivity contribution in [2.45, 2.75) is 20.3 Å². The van der Waals surface area contributed by atoms with E-state index in [0.717, 1.165) is 24.3 Å². The number of ketones is 1. The number of rotatable bonds is 6. The Kier molecular flexibility index (Phi) is 5.48. The normalized spacial score (nSPS) is 10.9. The van der Waals surface area contributed by atoms with E-state index < -0.39 is 0 Å². The summed E-state index contributed by atoms with van der Waals surface area (Å²) < 4.78 is 0. The lowest BCUT2D eigenvalue weighted by Gasteiger charge is -2.16. The molecule has 0 atom stereocenters. The van der Waals surface area contributed by atoms with Crippen LogP contribution in [0.5, 0.6) is 0 Å².